The van der Waals surface area contributed by atoms with Gasteiger partial charge in [-0.3, -0.25) is 4.79 Å². The molecule has 2 aliphatic heterocycles. The van der Waals surface area contributed by atoms with Gasteiger partial charge in [-0.1, -0.05) is 0 Å². The van der Waals surface area contributed by atoms with E-state index in [1.165, 1.54) is 6.07 Å². The van der Waals surface area contributed by atoms with Crippen LogP contribution in [-0.2, 0) is 0 Å². The Morgan fingerprint density at radius 1 is 1.32 bits per heavy atom. The minimum Gasteiger partial charge on any atom is -0.501 e. The van der Waals surface area contributed by atoms with Crippen LogP contribution in [0.3, 0.4) is 0 Å². The number of aromatic hydroxyl groups is 2. The van der Waals surface area contributed by atoms with Gasteiger partial charge in [-0.05, 0) is 25.3 Å². The molecule has 11 nitrogen and oxygen atoms in total. The number of carbonyl (C=O) groups excluding carboxylic acids is 1. The van der Waals surface area contributed by atoms with Crippen LogP contribution in [0.5, 0.6) is 17.5 Å². The molecule has 0 spiro atoms. The minimum absolute atomic E-state index is 0.00149. The molecule has 5 N–H and O–H groups in total. The van der Waals surface area contributed by atoms with Gasteiger partial charge < -0.3 is 30.9 Å². The molecule has 3 aromatic heterocycles. The maximum Gasteiger partial charge on any atom is 0.261 e. The van der Waals surface area contributed by atoms with Crippen LogP contribution in [0.15, 0.2) is 12.3 Å². The number of hydrogen-bond acceptors (Lipinski definition) is 9. The molecule has 5 heterocycles. The minimum atomic E-state index is -0.600. The molecule has 2 aliphatic rings. The van der Waals surface area contributed by atoms with Crippen molar-refractivity contribution in [2.24, 2.45) is 0 Å². The SMILES string of the molecule is Nc1nn2c(O)c(O)c3nc2c1C(=O)NCCCOc1ncc(F)cc1C1CCCN31. The van der Waals surface area contributed by atoms with Crippen molar-refractivity contribution in [3.8, 4) is 17.5 Å². The second-order valence-electron chi connectivity index (χ2n) is 7.46. The third-order valence-electron chi connectivity index (χ3n) is 5.53. The van der Waals surface area contributed by atoms with E-state index in [4.69, 9.17) is 10.5 Å². The summed E-state index contributed by atoms with van der Waals surface area (Å²) in [5.41, 5.74) is 6.44. The number of fused-ring (bicyclic) bond motifs is 5. The molecule has 1 saturated heterocycles. The van der Waals surface area contributed by atoms with Gasteiger partial charge >= 0.3 is 0 Å². The molecule has 0 saturated carbocycles. The highest BCUT2D eigenvalue weighted by atomic mass is 19.1. The predicted octanol–water partition coefficient (Wildman–Crippen LogP) is 1.11. The highest BCUT2D eigenvalue weighted by molar-refractivity contribution is 6.04. The molecular formula is C19H20FN7O4. The molecule has 3 aromatic rings. The smallest absolute Gasteiger partial charge is 0.261 e. The lowest BCUT2D eigenvalue weighted by atomic mass is 10.1. The number of halogens is 1. The van der Waals surface area contributed by atoms with Crippen LogP contribution in [0.1, 0.15) is 41.2 Å². The van der Waals surface area contributed by atoms with E-state index >= 15 is 0 Å². The van der Waals surface area contributed by atoms with E-state index in [1.807, 2.05) is 0 Å². The summed E-state index contributed by atoms with van der Waals surface area (Å²) in [5, 5.41) is 27.9. The lowest BCUT2D eigenvalue weighted by molar-refractivity contribution is 0.0953. The van der Waals surface area contributed by atoms with E-state index in [9.17, 15) is 19.4 Å². The molecule has 1 amide bonds. The van der Waals surface area contributed by atoms with E-state index < -0.39 is 29.4 Å². The third-order valence-corrected chi connectivity index (χ3v) is 5.53. The van der Waals surface area contributed by atoms with Crippen LogP contribution < -0.4 is 20.7 Å². The summed E-state index contributed by atoms with van der Waals surface area (Å²) in [6.07, 6.45) is 2.91. The van der Waals surface area contributed by atoms with E-state index in [-0.39, 0.29) is 41.9 Å². The highest BCUT2D eigenvalue weighted by Crippen LogP contribution is 2.44. The van der Waals surface area contributed by atoms with Crippen LogP contribution in [0.25, 0.3) is 5.65 Å². The average molecular weight is 429 g/mol. The van der Waals surface area contributed by atoms with Crippen molar-refractivity contribution >= 4 is 23.2 Å². The lowest BCUT2D eigenvalue weighted by Crippen LogP contribution is -2.28. The van der Waals surface area contributed by atoms with Gasteiger partial charge in [0.2, 0.25) is 11.6 Å². The number of ether oxygens (including phenoxy) is 1. The molecule has 2 bridgehead atoms. The second-order valence-corrected chi connectivity index (χ2v) is 7.46. The van der Waals surface area contributed by atoms with Gasteiger partial charge in [0.1, 0.15) is 11.4 Å². The molecule has 0 radical (unpaired) electrons. The van der Waals surface area contributed by atoms with Crippen molar-refractivity contribution in [3.63, 3.8) is 0 Å². The van der Waals surface area contributed by atoms with Crippen LogP contribution in [-0.4, -0.2) is 55.4 Å². The van der Waals surface area contributed by atoms with Crippen LogP contribution in [0.4, 0.5) is 16.0 Å². The van der Waals surface area contributed by atoms with E-state index in [2.05, 4.69) is 20.4 Å². The van der Waals surface area contributed by atoms with Gasteiger partial charge in [-0.15, -0.1) is 5.10 Å². The summed E-state index contributed by atoms with van der Waals surface area (Å²) in [6.45, 7) is 1.01. The van der Waals surface area contributed by atoms with Crippen molar-refractivity contribution in [1.29, 1.82) is 0 Å². The largest absolute Gasteiger partial charge is 0.501 e. The standard InChI is InChI=1S/C19H20FN7O4/c20-9-7-10-11-3-1-5-26(11)16-13(28)19(30)27-15(24-16)12(14(21)25-27)17(29)22-4-2-6-31-18(10)23-8-9/h7-8,11,28,30H,1-6H2,(H2,21,25)(H,22,29). The van der Waals surface area contributed by atoms with Gasteiger partial charge in [0.25, 0.3) is 11.8 Å². The van der Waals surface area contributed by atoms with Crippen LogP contribution in [0, 0.1) is 5.82 Å². The Hall–Kier alpha value is -3.83. The fraction of sp³-hybridized carbons (Fsp3) is 0.368. The first-order valence-corrected chi connectivity index (χ1v) is 9.89. The number of nitrogens with zero attached hydrogens (tertiary/aromatic N) is 5. The van der Waals surface area contributed by atoms with Crippen molar-refractivity contribution in [1.82, 2.24) is 24.9 Å². The molecule has 1 fully saturated rings. The molecule has 162 valence electrons. The van der Waals surface area contributed by atoms with Crippen LogP contribution in [0.2, 0.25) is 0 Å². The summed E-state index contributed by atoms with van der Waals surface area (Å²) in [6, 6.07) is 0.954. The molecule has 5 rings (SSSR count). The summed E-state index contributed by atoms with van der Waals surface area (Å²) >= 11 is 0. The first-order chi connectivity index (χ1) is 15.0. The maximum absolute atomic E-state index is 14.1. The van der Waals surface area contributed by atoms with Crippen molar-refractivity contribution in [3.05, 3.63) is 29.2 Å². The van der Waals surface area contributed by atoms with E-state index in [1.54, 1.807) is 4.90 Å². The summed E-state index contributed by atoms with van der Waals surface area (Å²) in [5.74, 6) is -1.95. The summed E-state index contributed by atoms with van der Waals surface area (Å²) < 4.78 is 20.8. The van der Waals surface area contributed by atoms with Gasteiger partial charge in [-0.25, -0.2) is 14.4 Å². The monoisotopic (exact) mass is 429 g/mol. The quantitative estimate of drug-likeness (QED) is 0.412. The fourth-order valence-corrected chi connectivity index (χ4v) is 4.12. The third kappa shape index (κ3) is 3.02. The molecule has 31 heavy (non-hydrogen) atoms. The number of amides is 1. The highest BCUT2D eigenvalue weighted by Gasteiger charge is 2.35. The summed E-state index contributed by atoms with van der Waals surface area (Å²) in [4.78, 5) is 23.0. The molecule has 12 heteroatoms. The number of nitrogens with two attached hydrogens (primary N) is 1. The first kappa shape index (κ1) is 19.2. The van der Waals surface area contributed by atoms with Gasteiger partial charge in [0.15, 0.2) is 17.3 Å². The zero-order valence-electron chi connectivity index (χ0n) is 16.4. The van der Waals surface area contributed by atoms with Gasteiger partial charge in [0.05, 0.1) is 18.8 Å². The number of anilines is 2. The number of nitrogens with one attached hydrogen (secondary N) is 1. The summed E-state index contributed by atoms with van der Waals surface area (Å²) in [7, 11) is 0. The average Bonchev–Trinajstić information content (AvgIpc) is 3.35. The lowest BCUT2D eigenvalue weighted by Gasteiger charge is -2.28. The van der Waals surface area contributed by atoms with Gasteiger partial charge in [-0.2, -0.15) is 4.52 Å². The molecular weight excluding hydrogens is 409 g/mol. The first-order valence-electron chi connectivity index (χ1n) is 9.89. The Morgan fingerprint density at radius 3 is 3.00 bits per heavy atom. The topological polar surface area (TPSA) is 151 Å². The molecule has 0 aromatic carbocycles. The number of rotatable bonds is 0. The number of hydrogen-bond donors (Lipinski definition) is 4. The Morgan fingerprint density at radius 2 is 2.16 bits per heavy atom. The fourth-order valence-electron chi connectivity index (χ4n) is 4.12. The maximum atomic E-state index is 14.1. The van der Waals surface area contributed by atoms with Crippen LogP contribution >= 0.6 is 0 Å². The number of aromatic nitrogens is 4. The molecule has 0 aliphatic carbocycles. The van der Waals surface area contributed by atoms with Gasteiger partial charge in [0, 0.05) is 18.7 Å². The Labute approximate surface area is 175 Å². The zero-order valence-corrected chi connectivity index (χ0v) is 16.4. The van der Waals surface area contributed by atoms with Crippen molar-refractivity contribution < 1.29 is 24.1 Å². The van der Waals surface area contributed by atoms with Crippen molar-refractivity contribution in [2.45, 2.75) is 25.3 Å². The normalized spacial score (nSPS) is 18.9. The Kier molecular flexibility index (Phi) is 4.41. The molecule has 1 unspecified atom stereocenters. The zero-order chi connectivity index (χ0) is 21.7. The number of pyridine rings is 1. The van der Waals surface area contributed by atoms with E-state index in [0.29, 0.717) is 24.9 Å². The Bertz CT molecular complexity index is 1200. The van der Waals surface area contributed by atoms with E-state index in [0.717, 1.165) is 17.1 Å². The number of nitrogen functional groups attached to an aromatic ring is 1. The molecule has 1 atom stereocenters. The predicted molar refractivity (Wildman–Crippen MR) is 107 cm³/mol. The number of carbonyl (C=O) groups is 1. The second kappa shape index (κ2) is 7.15. The van der Waals surface area contributed by atoms with Crippen molar-refractivity contribution in [2.75, 3.05) is 30.3 Å². The Balaban J connectivity index is 1.74.